The molecule has 0 spiro atoms. The summed E-state index contributed by atoms with van der Waals surface area (Å²) in [4.78, 5) is 0. The van der Waals surface area contributed by atoms with Gasteiger partial charge in [-0.3, -0.25) is 0 Å². The summed E-state index contributed by atoms with van der Waals surface area (Å²) in [5, 5.41) is 4.07. The summed E-state index contributed by atoms with van der Waals surface area (Å²) in [5.74, 6) is 0.820. The Hall–Kier alpha value is -0.600. The smallest absolute Gasteiger partial charge is 0.128 e. The minimum absolute atomic E-state index is 0.133. The summed E-state index contributed by atoms with van der Waals surface area (Å²) in [6.07, 6.45) is 6.16. The van der Waals surface area contributed by atoms with Gasteiger partial charge in [-0.1, -0.05) is 24.1 Å². The average Bonchev–Trinajstić information content (AvgIpc) is 3.06. The molecule has 0 aromatic heterocycles. The maximum atomic E-state index is 14.0. The van der Waals surface area contributed by atoms with Crippen LogP contribution in [0, 0.1) is 11.7 Å². The van der Waals surface area contributed by atoms with E-state index in [4.69, 9.17) is 11.6 Å². The third kappa shape index (κ3) is 2.70. The molecule has 0 aliphatic heterocycles. The zero-order valence-corrected chi connectivity index (χ0v) is 11.2. The molecule has 3 heteroatoms. The van der Waals surface area contributed by atoms with E-state index in [1.807, 2.05) is 12.1 Å². The summed E-state index contributed by atoms with van der Waals surface area (Å²) in [6.45, 7) is 1.04. The molecule has 0 heterocycles. The third-order valence-electron chi connectivity index (χ3n) is 4.27. The molecule has 0 radical (unpaired) electrons. The SMILES string of the molecule is Fc1cc(Cl)ccc1C1CCCC1CNC1CC1. The first kappa shape index (κ1) is 12.4. The highest BCUT2D eigenvalue weighted by molar-refractivity contribution is 6.30. The molecular weight excluding hydrogens is 249 g/mol. The van der Waals surface area contributed by atoms with Crippen LogP contribution in [-0.4, -0.2) is 12.6 Å². The van der Waals surface area contributed by atoms with Crippen molar-refractivity contribution in [2.45, 2.75) is 44.1 Å². The lowest BCUT2D eigenvalue weighted by atomic mass is 9.88. The van der Waals surface area contributed by atoms with E-state index in [2.05, 4.69) is 5.32 Å². The van der Waals surface area contributed by atoms with Crippen molar-refractivity contribution in [3.05, 3.63) is 34.6 Å². The van der Waals surface area contributed by atoms with Gasteiger partial charge in [-0.05, 0) is 61.8 Å². The van der Waals surface area contributed by atoms with E-state index in [1.165, 1.54) is 31.7 Å². The molecule has 1 N–H and O–H groups in total. The van der Waals surface area contributed by atoms with Gasteiger partial charge in [0.25, 0.3) is 0 Å². The van der Waals surface area contributed by atoms with Crippen molar-refractivity contribution in [3.63, 3.8) is 0 Å². The summed E-state index contributed by atoms with van der Waals surface area (Å²) in [7, 11) is 0. The molecule has 1 aromatic rings. The second kappa shape index (κ2) is 5.18. The fourth-order valence-electron chi connectivity index (χ4n) is 3.10. The van der Waals surface area contributed by atoms with Gasteiger partial charge in [0.05, 0.1) is 0 Å². The molecule has 0 saturated heterocycles. The number of nitrogens with one attached hydrogen (secondary N) is 1. The van der Waals surface area contributed by atoms with Crippen LogP contribution in [0.1, 0.15) is 43.6 Å². The highest BCUT2D eigenvalue weighted by atomic mass is 35.5. The van der Waals surface area contributed by atoms with Crippen LogP contribution >= 0.6 is 11.6 Å². The van der Waals surface area contributed by atoms with Crippen LogP contribution < -0.4 is 5.32 Å². The first-order valence-electron chi connectivity index (χ1n) is 6.92. The monoisotopic (exact) mass is 267 g/mol. The van der Waals surface area contributed by atoms with E-state index in [0.717, 1.165) is 24.6 Å². The second-order valence-electron chi connectivity index (χ2n) is 5.65. The van der Waals surface area contributed by atoms with E-state index in [0.29, 0.717) is 16.9 Å². The van der Waals surface area contributed by atoms with E-state index in [9.17, 15) is 4.39 Å². The van der Waals surface area contributed by atoms with Gasteiger partial charge >= 0.3 is 0 Å². The van der Waals surface area contributed by atoms with Crippen LogP contribution in [0.5, 0.6) is 0 Å². The van der Waals surface area contributed by atoms with Crippen molar-refractivity contribution >= 4 is 11.6 Å². The Labute approximate surface area is 113 Å². The zero-order chi connectivity index (χ0) is 12.5. The zero-order valence-electron chi connectivity index (χ0n) is 10.5. The van der Waals surface area contributed by atoms with E-state index in [1.54, 1.807) is 0 Å². The fourth-order valence-corrected chi connectivity index (χ4v) is 3.26. The van der Waals surface area contributed by atoms with Crippen LogP contribution in [0.4, 0.5) is 4.39 Å². The topological polar surface area (TPSA) is 12.0 Å². The van der Waals surface area contributed by atoms with E-state index in [-0.39, 0.29) is 5.82 Å². The quantitative estimate of drug-likeness (QED) is 0.866. The van der Waals surface area contributed by atoms with E-state index < -0.39 is 0 Å². The first-order valence-corrected chi connectivity index (χ1v) is 7.30. The summed E-state index contributed by atoms with van der Waals surface area (Å²) >= 11 is 5.82. The maximum Gasteiger partial charge on any atom is 0.128 e. The predicted octanol–water partition coefficient (Wildman–Crippen LogP) is 4.11. The Balaban J connectivity index is 1.72. The van der Waals surface area contributed by atoms with Gasteiger partial charge in [-0.25, -0.2) is 4.39 Å². The van der Waals surface area contributed by atoms with Crippen LogP contribution in [0.25, 0.3) is 0 Å². The van der Waals surface area contributed by atoms with Crippen LogP contribution in [0.15, 0.2) is 18.2 Å². The van der Waals surface area contributed by atoms with Gasteiger partial charge in [0.15, 0.2) is 0 Å². The molecule has 2 aliphatic rings. The summed E-state index contributed by atoms with van der Waals surface area (Å²) in [6, 6.07) is 5.86. The van der Waals surface area contributed by atoms with Crippen molar-refractivity contribution < 1.29 is 4.39 Å². The van der Waals surface area contributed by atoms with Crippen molar-refractivity contribution in [1.29, 1.82) is 0 Å². The standard InChI is InChI=1S/C15H19ClFN/c16-11-4-7-14(15(17)8-11)13-3-1-2-10(13)9-18-12-5-6-12/h4,7-8,10,12-13,18H,1-3,5-6,9H2. The lowest BCUT2D eigenvalue weighted by Crippen LogP contribution is -2.26. The molecule has 1 aromatic carbocycles. The Morgan fingerprint density at radius 1 is 1.22 bits per heavy atom. The van der Waals surface area contributed by atoms with Gasteiger partial charge in [0.1, 0.15) is 5.82 Å². The molecule has 1 nitrogen and oxygen atoms in total. The lowest BCUT2D eigenvalue weighted by Gasteiger charge is -2.21. The number of benzene rings is 1. The van der Waals surface area contributed by atoms with E-state index >= 15 is 0 Å². The second-order valence-corrected chi connectivity index (χ2v) is 6.08. The molecule has 2 unspecified atom stereocenters. The molecular formula is C15H19ClFN. The predicted molar refractivity (Wildman–Crippen MR) is 72.5 cm³/mol. The molecule has 2 aliphatic carbocycles. The summed E-state index contributed by atoms with van der Waals surface area (Å²) < 4.78 is 14.0. The van der Waals surface area contributed by atoms with Gasteiger partial charge in [0, 0.05) is 11.1 Å². The van der Waals surface area contributed by atoms with Crippen LogP contribution in [0.3, 0.4) is 0 Å². The highest BCUT2D eigenvalue weighted by Gasteiger charge is 2.31. The first-order chi connectivity index (χ1) is 8.74. The van der Waals surface area contributed by atoms with Crippen LogP contribution in [-0.2, 0) is 0 Å². The number of hydrogen-bond donors (Lipinski definition) is 1. The minimum Gasteiger partial charge on any atom is -0.314 e. The molecule has 98 valence electrons. The Kier molecular flexibility index (Phi) is 3.58. The molecule has 2 saturated carbocycles. The maximum absolute atomic E-state index is 14.0. The van der Waals surface area contributed by atoms with Gasteiger partial charge in [-0.2, -0.15) is 0 Å². The fraction of sp³-hybridized carbons (Fsp3) is 0.600. The molecule has 2 fully saturated rings. The molecule has 18 heavy (non-hydrogen) atoms. The Morgan fingerprint density at radius 2 is 2.06 bits per heavy atom. The number of halogens is 2. The summed E-state index contributed by atoms with van der Waals surface area (Å²) in [5.41, 5.74) is 0.861. The molecule has 3 rings (SSSR count). The normalized spacial score (nSPS) is 27.7. The average molecular weight is 268 g/mol. The number of rotatable bonds is 4. The molecule has 2 atom stereocenters. The van der Waals surface area contributed by atoms with Crippen molar-refractivity contribution in [2.24, 2.45) is 5.92 Å². The highest BCUT2D eigenvalue weighted by Crippen LogP contribution is 2.41. The minimum atomic E-state index is -0.133. The van der Waals surface area contributed by atoms with Crippen molar-refractivity contribution in [2.75, 3.05) is 6.54 Å². The third-order valence-corrected chi connectivity index (χ3v) is 4.50. The lowest BCUT2D eigenvalue weighted by molar-refractivity contribution is 0.431. The molecule has 0 amide bonds. The van der Waals surface area contributed by atoms with Crippen molar-refractivity contribution in [3.8, 4) is 0 Å². The Morgan fingerprint density at radius 3 is 2.78 bits per heavy atom. The number of hydrogen-bond acceptors (Lipinski definition) is 1. The van der Waals surface area contributed by atoms with Crippen molar-refractivity contribution in [1.82, 2.24) is 5.32 Å². The van der Waals surface area contributed by atoms with Crippen LogP contribution in [0.2, 0.25) is 5.02 Å². The van der Waals surface area contributed by atoms with Gasteiger partial charge in [0.2, 0.25) is 0 Å². The Bertz CT molecular complexity index is 431. The molecule has 0 bridgehead atoms. The largest absolute Gasteiger partial charge is 0.314 e. The van der Waals surface area contributed by atoms with Gasteiger partial charge < -0.3 is 5.32 Å². The van der Waals surface area contributed by atoms with Gasteiger partial charge in [-0.15, -0.1) is 0 Å².